The van der Waals surface area contributed by atoms with Crippen molar-refractivity contribution in [3.8, 4) is 5.88 Å². The molecule has 0 unspecified atom stereocenters. The quantitative estimate of drug-likeness (QED) is 0.925. The third-order valence-electron chi connectivity index (χ3n) is 3.90. The van der Waals surface area contributed by atoms with Crippen LogP contribution in [0.5, 0.6) is 5.88 Å². The predicted molar refractivity (Wildman–Crippen MR) is 87.4 cm³/mol. The van der Waals surface area contributed by atoms with E-state index < -0.39 is 23.4 Å². The Bertz CT molecular complexity index is 752. The third-order valence-corrected chi connectivity index (χ3v) is 3.90. The van der Waals surface area contributed by atoms with Crippen LogP contribution < -0.4 is 10.1 Å². The molecule has 0 bridgehead atoms. The van der Waals surface area contributed by atoms with Gasteiger partial charge >= 0.3 is 6.03 Å². The zero-order valence-electron chi connectivity index (χ0n) is 13.7. The van der Waals surface area contributed by atoms with E-state index in [1.807, 2.05) is 0 Å². The molecule has 6 nitrogen and oxygen atoms in total. The molecule has 0 spiro atoms. The number of likely N-dealkylation sites (tertiary alicyclic amines) is 1. The summed E-state index contributed by atoms with van der Waals surface area (Å²) in [5.41, 5.74) is -0.443. The van der Waals surface area contributed by atoms with Gasteiger partial charge in [-0.3, -0.25) is 0 Å². The Balaban J connectivity index is 1.63. The number of rotatable bonds is 3. The van der Waals surface area contributed by atoms with Gasteiger partial charge in [0.25, 0.3) is 0 Å². The minimum absolute atomic E-state index is 0.237. The number of para-hydroxylation sites is 1. The number of urea groups is 1. The number of ether oxygens (including phenoxy) is 1. The lowest BCUT2D eigenvalue weighted by Crippen LogP contribution is -2.46. The molecule has 1 aliphatic heterocycles. The zero-order valence-corrected chi connectivity index (χ0v) is 13.7. The summed E-state index contributed by atoms with van der Waals surface area (Å²) in [6.07, 6.45) is 2.86. The molecule has 8 heteroatoms. The molecular formula is C17H18F2N4O2. The predicted octanol–water partition coefficient (Wildman–Crippen LogP) is 3.14. The molecule has 2 aromatic rings. The molecule has 1 aromatic heterocycles. The van der Waals surface area contributed by atoms with E-state index in [1.165, 1.54) is 11.0 Å². The van der Waals surface area contributed by atoms with Crippen molar-refractivity contribution in [3.63, 3.8) is 0 Å². The molecule has 25 heavy (non-hydrogen) atoms. The Labute approximate surface area is 143 Å². The SMILES string of the molecule is Cc1nccc(O[C@H]2CCCN(C(=O)Nc3c(F)cccc3F)C2)n1. The van der Waals surface area contributed by atoms with Gasteiger partial charge in [0.1, 0.15) is 29.3 Å². The van der Waals surface area contributed by atoms with Gasteiger partial charge in [0, 0.05) is 18.8 Å². The lowest BCUT2D eigenvalue weighted by molar-refractivity contribution is 0.102. The minimum atomic E-state index is -0.811. The van der Waals surface area contributed by atoms with Gasteiger partial charge in [-0.05, 0) is 31.9 Å². The molecule has 3 rings (SSSR count). The summed E-state index contributed by atoms with van der Waals surface area (Å²) in [4.78, 5) is 22.0. The molecule has 2 amide bonds. The summed E-state index contributed by atoms with van der Waals surface area (Å²) in [6, 6.07) is 4.53. The van der Waals surface area contributed by atoms with Crippen molar-refractivity contribution in [2.24, 2.45) is 0 Å². The minimum Gasteiger partial charge on any atom is -0.472 e. The molecule has 1 fully saturated rings. The highest BCUT2D eigenvalue weighted by Crippen LogP contribution is 2.21. The second kappa shape index (κ2) is 7.42. The monoisotopic (exact) mass is 348 g/mol. The average molecular weight is 348 g/mol. The summed E-state index contributed by atoms with van der Waals surface area (Å²) < 4.78 is 33.1. The van der Waals surface area contributed by atoms with Crippen LogP contribution in [0.4, 0.5) is 19.3 Å². The Kier molecular flexibility index (Phi) is 5.06. The lowest BCUT2D eigenvalue weighted by Gasteiger charge is -2.32. The number of carbonyl (C=O) groups excluding carboxylic acids is 1. The maximum atomic E-state index is 13.7. The van der Waals surface area contributed by atoms with Crippen LogP contribution in [0.2, 0.25) is 0 Å². The van der Waals surface area contributed by atoms with Gasteiger partial charge < -0.3 is 15.0 Å². The Morgan fingerprint density at radius 2 is 2.08 bits per heavy atom. The first kappa shape index (κ1) is 17.1. The van der Waals surface area contributed by atoms with Crippen LogP contribution in [-0.2, 0) is 0 Å². The van der Waals surface area contributed by atoms with Gasteiger partial charge in [0.15, 0.2) is 0 Å². The number of amides is 2. The summed E-state index contributed by atoms with van der Waals surface area (Å²) in [7, 11) is 0. The highest BCUT2D eigenvalue weighted by atomic mass is 19.1. The molecule has 1 N–H and O–H groups in total. The molecule has 0 saturated carbocycles. The maximum Gasteiger partial charge on any atom is 0.322 e. The van der Waals surface area contributed by atoms with Crippen molar-refractivity contribution < 1.29 is 18.3 Å². The number of carbonyl (C=O) groups is 1. The van der Waals surface area contributed by atoms with Gasteiger partial charge in [-0.25, -0.2) is 18.6 Å². The molecule has 1 aliphatic rings. The topological polar surface area (TPSA) is 67.3 Å². The Morgan fingerprint density at radius 1 is 1.32 bits per heavy atom. The first-order valence-electron chi connectivity index (χ1n) is 7.99. The third kappa shape index (κ3) is 4.20. The van der Waals surface area contributed by atoms with Gasteiger partial charge in [-0.2, -0.15) is 4.98 Å². The molecule has 1 aromatic carbocycles. The number of nitrogens with zero attached hydrogens (tertiary/aromatic N) is 3. The van der Waals surface area contributed by atoms with Crippen molar-refractivity contribution in [2.45, 2.75) is 25.9 Å². The molecule has 2 heterocycles. The number of aromatic nitrogens is 2. The van der Waals surface area contributed by atoms with E-state index >= 15 is 0 Å². The molecule has 1 atom stereocenters. The van der Waals surface area contributed by atoms with Gasteiger partial charge in [0.2, 0.25) is 5.88 Å². The summed E-state index contributed by atoms with van der Waals surface area (Å²) >= 11 is 0. The molecule has 0 radical (unpaired) electrons. The fraction of sp³-hybridized carbons (Fsp3) is 0.353. The van der Waals surface area contributed by atoms with Crippen LogP contribution in [0.1, 0.15) is 18.7 Å². The Morgan fingerprint density at radius 3 is 2.80 bits per heavy atom. The number of nitrogens with one attached hydrogen (secondary N) is 1. The summed E-state index contributed by atoms with van der Waals surface area (Å²) in [6.45, 7) is 2.56. The van der Waals surface area contributed by atoms with E-state index in [9.17, 15) is 13.6 Å². The van der Waals surface area contributed by atoms with Crippen LogP contribution in [0.15, 0.2) is 30.5 Å². The molecular weight excluding hydrogens is 330 g/mol. The smallest absolute Gasteiger partial charge is 0.322 e. The van der Waals surface area contributed by atoms with E-state index in [0.717, 1.165) is 25.0 Å². The Hall–Kier alpha value is -2.77. The average Bonchev–Trinajstić information content (AvgIpc) is 2.58. The van der Waals surface area contributed by atoms with E-state index in [2.05, 4.69) is 15.3 Å². The number of hydrogen-bond donors (Lipinski definition) is 1. The van der Waals surface area contributed by atoms with Crippen LogP contribution in [0.3, 0.4) is 0 Å². The van der Waals surface area contributed by atoms with Gasteiger partial charge in [-0.15, -0.1) is 0 Å². The highest BCUT2D eigenvalue weighted by Gasteiger charge is 2.26. The van der Waals surface area contributed by atoms with Crippen molar-refractivity contribution in [3.05, 3.63) is 47.9 Å². The summed E-state index contributed by atoms with van der Waals surface area (Å²) in [5.74, 6) is -0.581. The van der Waals surface area contributed by atoms with Crippen LogP contribution in [-0.4, -0.2) is 40.1 Å². The van der Waals surface area contributed by atoms with Crippen molar-refractivity contribution in [1.82, 2.24) is 14.9 Å². The fourth-order valence-electron chi connectivity index (χ4n) is 2.69. The van der Waals surface area contributed by atoms with E-state index in [4.69, 9.17) is 4.74 Å². The van der Waals surface area contributed by atoms with E-state index in [1.54, 1.807) is 19.2 Å². The molecule has 1 saturated heterocycles. The van der Waals surface area contributed by atoms with Crippen molar-refractivity contribution in [2.75, 3.05) is 18.4 Å². The fourth-order valence-corrected chi connectivity index (χ4v) is 2.69. The van der Waals surface area contributed by atoms with Gasteiger partial charge in [0.05, 0.1) is 6.54 Å². The molecule has 0 aliphatic carbocycles. The highest BCUT2D eigenvalue weighted by molar-refractivity contribution is 5.89. The molecule has 132 valence electrons. The maximum absolute atomic E-state index is 13.7. The standard InChI is InChI=1S/C17H18F2N4O2/c1-11-20-8-7-15(21-11)25-12-4-3-9-23(10-12)17(24)22-16-13(18)5-2-6-14(16)19/h2,5-8,12H,3-4,9-10H2,1H3,(H,22,24)/t12-/m0/s1. The van der Waals surface area contributed by atoms with Crippen LogP contribution in [0, 0.1) is 18.6 Å². The zero-order chi connectivity index (χ0) is 17.8. The first-order valence-corrected chi connectivity index (χ1v) is 7.99. The largest absolute Gasteiger partial charge is 0.472 e. The second-order valence-corrected chi connectivity index (χ2v) is 5.80. The second-order valence-electron chi connectivity index (χ2n) is 5.80. The normalized spacial score (nSPS) is 17.2. The van der Waals surface area contributed by atoms with Gasteiger partial charge in [-0.1, -0.05) is 6.07 Å². The number of anilines is 1. The lowest BCUT2D eigenvalue weighted by atomic mass is 10.1. The van der Waals surface area contributed by atoms with Crippen molar-refractivity contribution in [1.29, 1.82) is 0 Å². The number of halogens is 2. The van der Waals surface area contributed by atoms with Crippen molar-refractivity contribution >= 4 is 11.7 Å². The first-order chi connectivity index (χ1) is 12.0. The van der Waals surface area contributed by atoms with Crippen LogP contribution >= 0.6 is 0 Å². The number of benzene rings is 1. The van der Waals surface area contributed by atoms with Crippen LogP contribution in [0.25, 0.3) is 0 Å². The van der Waals surface area contributed by atoms with E-state index in [0.29, 0.717) is 24.8 Å². The van der Waals surface area contributed by atoms with E-state index in [-0.39, 0.29) is 6.10 Å². The number of hydrogen-bond acceptors (Lipinski definition) is 4. The number of piperidine rings is 1. The summed E-state index contributed by atoms with van der Waals surface area (Å²) in [5, 5.41) is 2.30. The number of aryl methyl sites for hydroxylation is 1.